The zero-order valence-electron chi connectivity index (χ0n) is 15.3. The van der Waals surface area contributed by atoms with Crippen molar-refractivity contribution in [1.29, 1.82) is 0 Å². The quantitative estimate of drug-likeness (QED) is 0.706. The van der Waals surface area contributed by atoms with E-state index in [2.05, 4.69) is 51.2 Å². The molecule has 138 valence electrons. The first-order chi connectivity index (χ1) is 12.7. The Labute approximate surface area is 157 Å². The molecule has 1 atom stereocenters. The Balaban J connectivity index is 1.38. The molecule has 0 aromatic carbocycles. The van der Waals surface area contributed by atoms with Gasteiger partial charge in [0.1, 0.15) is 0 Å². The van der Waals surface area contributed by atoms with Crippen LogP contribution in [0.15, 0.2) is 28.9 Å². The summed E-state index contributed by atoms with van der Waals surface area (Å²) in [6, 6.07) is 6.40. The topological polar surface area (TPSA) is 70.8 Å². The molecule has 4 heterocycles. The molecule has 1 unspecified atom stereocenters. The predicted molar refractivity (Wildman–Crippen MR) is 102 cm³/mol. The number of nitrogens with one attached hydrogen (secondary N) is 1. The van der Waals surface area contributed by atoms with Gasteiger partial charge in [-0.2, -0.15) is 10.1 Å². The highest BCUT2D eigenvalue weighted by Crippen LogP contribution is 2.30. The largest absolute Gasteiger partial charge is 0.339 e. The number of rotatable bonds is 6. The smallest absolute Gasteiger partial charge is 0.231 e. The lowest BCUT2D eigenvalue weighted by atomic mass is 9.98. The van der Waals surface area contributed by atoms with Crippen LogP contribution in [0.5, 0.6) is 0 Å². The van der Waals surface area contributed by atoms with Crippen molar-refractivity contribution in [3.05, 3.63) is 41.0 Å². The highest BCUT2D eigenvalue weighted by molar-refractivity contribution is 7.15. The predicted octanol–water partition coefficient (Wildman–Crippen LogP) is 4.10. The van der Waals surface area contributed by atoms with Gasteiger partial charge in [-0.05, 0) is 43.5 Å². The first kappa shape index (κ1) is 17.4. The van der Waals surface area contributed by atoms with E-state index in [4.69, 9.17) is 4.52 Å². The van der Waals surface area contributed by atoms with E-state index in [0.717, 1.165) is 49.9 Å². The number of hydrogen-bond acceptors (Lipinski definition) is 6. The van der Waals surface area contributed by atoms with Crippen molar-refractivity contribution in [2.75, 3.05) is 13.1 Å². The van der Waals surface area contributed by atoms with Gasteiger partial charge in [0.25, 0.3) is 0 Å². The zero-order valence-corrected chi connectivity index (χ0v) is 16.1. The summed E-state index contributed by atoms with van der Waals surface area (Å²) < 4.78 is 5.56. The molecule has 4 rings (SSSR count). The summed E-state index contributed by atoms with van der Waals surface area (Å²) in [6.07, 6.45) is 4.97. The maximum Gasteiger partial charge on any atom is 0.231 e. The monoisotopic (exact) mass is 371 g/mol. The van der Waals surface area contributed by atoms with E-state index in [-0.39, 0.29) is 0 Å². The molecule has 1 aliphatic rings. The van der Waals surface area contributed by atoms with E-state index in [0.29, 0.717) is 11.8 Å². The molecular weight excluding hydrogens is 346 g/mol. The first-order valence-electron chi connectivity index (χ1n) is 9.30. The van der Waals surface area contributed by atoms with Gasteiger partial charge in [0.05, 0.1) is 16.5 Å². The molecule has 3 aromatic rings. The molecule has 3 aromatic heterocycles. The van der Waals surface area contributed by atoms with Crippen molar-refractivity contribution >= 4 is 11.3 Å². The molecule has 1 saturated heterocycles. The van der Waals surface area contributed by atoms with Gasteiger partial charge >= 0.3 is 0 Å². The SMILES string of the molecule is CC(C)Cc1noc(C2CCCN(Cc3ccc(-c4ccn[nH]4)s3)C2)n1. The number of likely N-dealkylation sites (tertiary alicyclic amines) is 1. The van der Waals surface area contributed by atoms with Crippen LogP contribution in [0, 0.1) is 5.92 Å². The van der Waals surface area contributed by atoms with Crippen molar-refractivity contribution in [1.82, 2.24) is 25.2 Å². The second-order valence-electron chi connectivity index (χ2n) is 7.46. The molecule has 26 heavy (non-hydrogen) atoms. The lowest BCUT2D eigenvalue weighted by molar-refractivity contribution is 0.181. The third-order valence-corrected chi connectivity index (χ3v) is 5.84. The highest BCUT2D eigenvalue weighted by atomic mass is 32.1. The minimum atomic E-state index is 0.351. The summed E-state index contributed by atoms with van der Waals surface area (Å²) in [6.45, 7) is 7.44. The summed E-state index contributed by atoms with van der Waals surface area (Å²) in [5.74, 6) is 2.56. The van der Waals surface area contributed by atoms with Gasteiger partial charge in [0, 0.05) is 30.6 Å². The molecular formula is C19H25N5OS. The maximum atomic E-state index is 5.56. The number of H-pyrrole nitrogens is 1. The lowest BCUT2D eigenvalue weighted by Crippen LogP contribution is -2.33. The van der Waals surface area contributed by atoms with E-state index < -0.39 is 0 Å². The van der Waals surface area contributed by atoms with Crippen LogP contribution in [0.25, 0.3) is 10.6 Å². The minimum absolute atomic E-state index is 0.351. The second-order valence-corrected chi connectivity index (χ2v) is 8.63. The minimum Gasteiger partial charge on any atom is -0.339 e. The number of hydrogen-bond donors (Lipinski definition) is 1. The van der Waals surface area contributed by atoms with Gasteiger partial charge in [-0.15, -0.1) is 11.3 Å². The molecule has 1 aliphatic heterocycles. The molecule has 1 N–H and O–H groups in total. The van der Waals surface area contributed by atoms with E-state index in [9.17, 15) is 0 Å². The number of aromatic amines is 1. The fraction of sp³-hybridized carbons (Fsp3) is 0.526. The van der Waals surface area contributed by atoms with E-state index in [1.54, 1.807) is 6.20 Å². The first-order valence-corrected chi connectivity index (χ1v) is 10.1. The van der Waals surface area contributed by atoms with Crippen LogP contribution in [-0.2, 0) is 13.0 Å². The van der Waals surface area contributed by atoms with Gasteiger partial charge in [-0.1, -0.05) is 19.0 Å². The molecule has 0 aliphatic carbocycles. The number of thiophene rings is 1. The van der Waals surface area contributed by atoms with Crippen LogP contribution in [0.2, 0.25) is 0 Å². The van der Waals surface area contributed by atoms with Crippen molar-refractivity contribution in [2.24, 2.45) is 5.92 Å². The summed E-state index contributed by atoms with van der Waals surface area (Å²) in [5.41, 5.74) is 1.08. The van der Waals surface area contributed by atoms with Crippen molar-refractivity contribution in [2.45, 2.75) is 45.6 Å². The lowest BCUT2D eigenvalue weighted by Gasteiger charge is -2.30. The molecule has 7 heteroatoms. The Morgan fingerprint density at radius 1 is 1.35 bits per heavy atom. The summed E-state index contributed by atoms with van der Waals surface area (Å²) >= 11 is 1.83. The maximum absolute atomic E-state index is 5.56. The van der Waals surface area contributed by atoms with Crippen LogP contribution in [-0.4, -0.2) is 38.3 Å². The van der Waals surface area contributed by atoms with Gasteiger partial charge in [-0.3, -0.25) is 10.00 Å². The van der Waals surface area contributed by atoms with Crippen LogP contribution in [0.3, 0.4) is 0 Å². The normalized spacial score (nSPS) is 18.7. The summed E-state index contributed by atoms with van der Waals surface area (Å²) in [5, 5.41) is 11.2. The summed E-state index contributed by atoms with van der Waals surface area (Å²) in [4.78, 5) is 9.76. The zero-order chi connectivity index (χ0) is 17.9. The Hall–Kier alpha value is -1.99. The Bertz CT molecular complexity index is 823. The highest BCUT2D eigenvalue weighted by Gasteiger charge is 2.26. The van der Waals surface area contributed by atoms with Gasteiger partial charge in [0.2, 0.25) is 5.89 Å². The van der Waals surface area contributed by atoms with Crippen molar-refractivity contribution < 1.29 is 4.52 Å². The van der Waals surface area contributed by atoms with Crippen LogP contribution in [0.1, 0.15) is 49.2 Å². The summed E-state index contributed by atoms with van der Waals surface area (Å²) in [7, 11) is 0. The third kappa shape index (κ3) is 4.04. The molecule has 6 nitrogen and oxygen atoms in total. The fourth-order valence-corrected chi connectivity index (χ4v) is 4.53. The van der Waals surface area contributed by atoms with Crippen molar-refractivity contribution in [3.8, 4) is 10.6 Å². The average molecular weight is 372 g/mol. The number of piperidine rings is 1. The fourth-order valence-electron chi connectivity index (χ4n) is 3.50. The van der Waals surface area contributed by atoms with Gasteiger partial charge in [0.15, 0.2) is 5.82 Å². The second kappa shape index (κ2) is 7.72. The Kier molecular flexibility index (Phi) is 5.17. The average Bonchev–Trinajstić information content (AvgIpc) is 3.36. The molecule has 0 spiro atoms. The van der Waals surface area contributed by atoms with Crippen LogP contribution < -0.4 is 0 Å². The van der Waals surface area contributed by atoms with E-state index in [1.165, 1.54) is 16.2 Å². The van der Waals surface area contributed by atoms with Gasteiger partial charge < -0.3 is 4.52 Å². The van der Waals surface area contributed by atoms with E-state index >= 15 is 0 Å². The third-order valence-electron chi connectivity index (χ3n) is 4.74. The Morgan fingerprint density at radius 2 is 2.27 bits per heavy atom. The van der Waals surface area contributed by atoms with Crippen molar-refractivity contribution in [3.63, 3.8) is 0 Å². The molecule has 0 bridgehead atoms. The molecule has 0 saturated carbocycles. The van der Waals surface area contributed by atoms with Crippen LogP contribution >= 0.6 is 11.3 Å². The standard InChI is InChI=1S/C19H25N5OS/c1-13(2)10-18-21-19(25-23-18)14-4-3-9-24(11-14)12-15-5-6-17(26-15)16-7-8-20-22-16/h5-8,13-14H,3-4,9-12H2,1-2H3,(H,20,22). The number of aromatic nitrogens is 4. The van der Waals surface area contributed by atoms with Gasteiger partial charge in [-0.25, -0.2) is 0 Å². The molecule has 0 radical (unpaired) electrons. The Morgan fingerprint density at radius 3 is 3.08 bits per heavy atom. The van der Waals surface area contributed by atoms with Crippen LogP contribution in [0.4, 0.5) is 0 Å². The molecule has 0 amide bonds. The molecule has 1 fully saturated rings. The van der Waals surface area contributed by atoms with E-state index in [1.807, 2.05) is 17.4 Å². The number of nitrogens with zero attached hydrogens (tertiary/aromatic N) is 4.